The largest absolute Gasteiger partial charge is 0.493 e. The second-order valence-electron chi connectivity index (χ2n) is 7.42. The van der Waals surface area contributed by atoms with Gasteiger partial charge < -0.3 is 14.0 Å². The number of hydrogen-bond acceptors (Lipinski definition) is 3. The number of hydrogen-bond donors (Lipinski definition) is 0. The van der Waals surface area contributed by atoms with Gasteiger partial charge in [0.15, 0.2) is 16.9 Å². The lowest BCUT2D eigenvalue weighted by Crippen LogP contribution is -2.17. The van der Waals surface area contributed by atoms with Crippen LogP contribution in [0.5, 0.6) is 11.5 Å². The van der Waals surface area contributed by atoms with E-state index in [1.165, 1.54) is 0 Å². The molecule has 0 amide bonds. The predicted octanol–water partition coefficient (Wildman–Crippen LogP) is 4.53. The highest BCUT2D eigenvalue weighted by molar-refractivity contribution is 5.64. The van der Waals surface area contributed by atoms with Crippen molar-refractivity contribution in [3.8, 4) is 11.5 Å². The van der Waals surface area contributed by atoms with E-state index in [-0.39, 0.29) is 10.8 Å². The monoisotopic (exact) mass is 341 g/mol. The highest BCUT2D eigenvalue weighted by Gasteiger charge is 2.13. The Kier molecular flexibility index (Phi) is 5.73. The summed E-state index contributed by atoms with van der Waals surface area (Å²) in [7, 11) is 1.64. The first kappa shape index (κ1) is 18.8. The molecular weight excluding hydrogens is 314 g/mol. The van der Waals surface area contributed by atoms with Gasteiger partial charge in [0.1, 0.15) is 0 Å². The fourth-order valence-electron chi connectivity index (χ4n) is 2.47. The van der Waals surface area contributed by atoms with Crippen molar-refractivity contribution in [3.63, 3.8) is 0 Å². The average Bonchev–Trinajstić information content (AvgIpc) is 2.51. The molecule has 0 aliphatic heterocycles. The molecule has 25 heavy (non-hydrogen) atoms. The summed E-state index contributed by atoms with van der Waals surface area (Å²) in [5, 5.41) is 0. The summed E-state index contributed by atoms with van der Waals surface area (Å²) < 4.78 is 13.3. The van der Waals surface area contributed by atoms with E-state index in [9.17, 15) is 4.79 Å². The maximum atomic E-state index is 11.5. The predicted molar refractivity (Wildman–Crippen MR) is 103 cm³/mol. The topological polar surface area (TPSA) is 40.5 Å². The van der Waals surface area contributed by atoms with Crippen LogP contribution in [0, 0.1) is 19.3 Å². The molecule has 0 unspecified atom stereocenters. The molecule has 134 valence electrons. The van der Waals surface area contributed by atoms with E-state index in [0.29, 0.717) is 6.61 Å². The van der Waals surface area contributed by atoms with E-state index in [1.54, 1.807) is 19.2 Å². The molecule has 0 spiro atoms. The van der Waals surface area contributed by atoms with Crippen LogP contribution in [-0.4, -0.2) is 18.3 Å². The molecule has 0 aliphatic rings. The van der Waals surface area contributed by atoms with Crippen LogP contribution < -0.4 is 14.9 Å². The van der Waals surface area contributed by atoms with Crippen molar-refractivity contribution in [1.82, 2.24) is 4.57 Å². The first-order valence-corrected chi connectivity index (χ1v) is 8.38. The third-order valence-electron chi connectivity index (χ3n) is 3.73. The lowest BCUT2D eigenvalue weighted by Gasteiger charge is -2.20. The second kappa shape index (κ2) is 7.60. The van der Waals surface area contributed by atoms with Crippen molar-refractivity contribution >= 4 is 12.3 Å². The fraction of sp³-hybridized carbons (Fsp3) is 0.381. The summed E-state index contributed by atoms with van der Waals surface area (Å²) in [5.41, 5.74) is 2.91. The molecule has 0 radical (unpaired) electrons. The average molecular weight is 341 g/mol. The van der Waals surface area contributed by atoms with E-state index in [4.69, 9.17) is 9.47 Å². The number of aryl methyl sites for hydroxylation is 2. The van der Waals surface area contributed by atoms with Crippen LogP contribution in [0.4, 0.5) is 0 Å². The molecule has 1 heterocycles. The standard InChI is InChI=1S/C21H27NO3/c1-15-11-18(23)12-16(2)22(15)10-9-17-7-8-19(24-6)20(13-17)25-14-21(3,4)5/h7-13H,14H2,1-6H3/b10-9+. The van der Waals surface area contributed by atoms with Crippen molar-refractivity contribution in [2.45, 2.75) is 34.6 Å². The Hall–Kier alpha value is -2.49. The molecule has 0 saturated carbocycles. The van der Waals surface area contributed by atoms with Crippen LogP contribution in [0.25, 0.3) is 12.3 Å². The van der Waals surface area contributed by atoms with Crippen LogP contribution in [0.3, 0.4) is 0 Å². The Balaban J connectivity index is 2.30. The van der Waals surface area contributed by atoms with Crippen LogP contribution in [0.1, 0.15) is 37.7 Å². The van der Waals surface area contributed by atoms with E-state index < -0.39 is 0 Å². The van der Waals surface area contributed by atoms with Gasteiger partial charge in [-0.05, 0) is 43.0 Å². The van der Waals surface area contributed by atoms with Gasteiger partial charge in [-0.1, -0.05) is 26.8 Å². The zero-order valence-electron chi connectivity index (χ0n) is 15.9. The highest BCUT2D eigenvalue weighted by atomic mass is 16.5. The molecule has 0 aliphatic carbocycles. The molecule has 2 rings (SSSR count). The first-order chi connectivity index (χ1) is 11.7. The molecule has 0 fully saturated rings. The minimum atomic E-state index is 0.0296. The van der Waals surface area contributed by atoms with Gasteiger partial charge in [0.2, 0.25) is 0 Å². The Morgan fingerprint density at radius 1 is 1.04 bits per heavy atom. The van der Waals surface area contributed by atoms with Gasteiger partial charge in [0.25, 0.3) is 0 Å². The zero-order valence-corrected chi connectivity index (χ0v) is 15.9. The lowest BCUT2D eigenvalue weighted by molar-refractivity contribution is 0.191. The third-order valence-corrected chi connectivity index (χ3v) is 3.73. The Morgan fingerprint density at radius 3 is 2.24 bits per heavy atom. The van der Waals surface area contributed by atoms with Gasteiger partial charge in [-0.2, -0.15) is 0 Å². The maximum Gasteiger partial charge on any atom is 0.182 e. The zero-order chi connectivity index (χ0) is 18.6. The quantitative estimate of drug-likeness (QED) is 0.802. The number of nitrogens with zero attached hydrogens (tertiary/aromatic N) is 1. The van der Waals surface area contributed by atoms with Gasteiger partial charge in [0, 0.05) is 29.7 Å². The normalized spacial score (nSPS) is 11.8. The van der Waals surface area contributed by atoms with Crippen molar-refractivity contribution in [2.75, 3.05) is 13.7 Å². The van der Waals surface area contributed by atoms with Gasteiger partial charge in [0.05, 0.1) is 13.7 Å². The minimum Gasteiger partial charge on any atom is -0.493 e. The molecular formula is C21H27NO3. The summed E-state index contributed by atoms with van der Waals surface area (Å²) >= 11 is 0. The SMILES string of the molecule is COc1ccc(/C=C/n2c(C)cc(=O)cc2C)cc1OCC(C)(C)C. The van der Waals surface area contributed by atoms with Crippen molar-refractivity contribution in [3.05, 3.63) is 57.5 Å². The number of pyridine rings is 1. The molecule has 1 aromatic heterocycles. The van der Waals surface area contributed by atoms with E-state index in [1.807, 2.05) is 48.9 Å². The van der Waals surface area contributed by atoms with Crippen molar-refractivity contribution in [2.24, 2.45) is 5.41 Å². The molecule has 0 bridgehead atoms. The number of methoxy groups -OCH3 is 1. The highest BCUT2D eigenvalue weighted by Crippen LogP contribution is 2.30. The second-order valence-corrected chi connectivity index (χ2v) is 7.42. The van der Waals surface area contributed by atoms with E-state index in [0.717, 1.165) is 28.5 Å². The number of aromatic nitrogens is 1. The van der Waals surface area contributed by atoms with Gasteiger partial charge in [-0.15, -0.1) is 0 Å². The lowest BCUT2D eigenvalue weighted by atomic mass is 9.99. The van der Waals surface area contributed by atoms with Crippen molar-refractivity contribution < 1.29 is 9.47 Å². The van der Waals surface area contributed by atoms with Crippen molar-refractivity contribution in [1.29, 1.82) is 0 Å². The third kappa shape index (κ3) is 5.24. The Labute approximate surface area is 149 Å². The molecule has 1 aromatic carbocycles. The van der Waals surface area contributed by atoms with Gasteiger partial charge >= 0.3 is 0 Å². The number of rotatable bonds is 5. The summed E-state index contributed by atoms with van der Waals surface area (Å²) in [5.74, 6) is 1.45. The summed E-state index contributed by atoms with van der Waals surface area (Å²) in [4.78, 5) is 11.5. The van der Waals surface area contributed by atoms with Crippen LogP contribution >= 0.6 is 0 Å². The summed E-state index contributed by atoms with van der Waals surface area (Å²) in [6, 6.07) is 9.11. The molecule has 4 nitrogen and oxygen atoms in total. The molecule has 4 heteroatoms. The molecule has 2 aromatic rings. The summed E-state index contributed by atoms with van der Waals surface area (Å²) in [6.45, 7) is 10.8. The maximum absolute atomic E-state index is 11.5. The smallest absolute Gasteiger partial charge is 0.182 e. The number of benzene rings is 1. The van der Waals surface area contributed by atoms with Crippen LogP contribution in [0.2, 0.25) is 0 Å². The van der Waals surface area contributed by atoms with E-state index in [2.05, 4.69) is 20.8 Å². The Morgan fingerprint density at radius 2 is 1.68 bits per heavy atom. The molecule has 0 N–H and O–H groups in total. The van der Waals surface area contributed by atoms with Crippen LogP contribution in [-0.2, 0) is 0 Å². The fourth-order valence-corrected chi connectivity index (χ4v) is 2.47. The molecule has 0 atom stereocenters. The van der Waals surface area contributed by atoms with Gasteiger partial charge in [-0.25, -0.2) is 0 Å². The minimum absolute atomic E-state index is 0.0296. The first-order valence-electron chi connectivity index (χ1n) is 8.38. The van der Waals surface area contributed by atoms with Gasteiger partial charge in [-0.3, -0.25) is 4.79 Å². The Bertz CT molecular complexity index is 800. The van der Waals surface area contributed by atoms with Crippen LogP contribution in [0.15, 0.2) is 35.1 Å². The number of ether oxygens (including phenoxy) is 2. The summed E-state index contributed by atoms with van der Waals surface area (Å²) in [6.07, 6.45) is 3.95. The molecule has 0 saturated heterocycles. The van der Waals surface area contributed by atoms with E-state index >= 15 is 0 Å².